The van der Waals surface area contributed by atoms with Crippen molar-refractivity contribution in [3.63, 3.8) is 0 Å². The average molecular weight is 668 g/mol. The summed E-state index contributed by atoms with van der Waals surface area (Å²) >= 11 is 0. The largest absolute Gasteiger partial charge is 0.462 e. The van der Waals surface area contributed by atoms with E-state index in [0.717, 1.165) is 38.5 Å². The highest BCUT2D eigenvalue weighted by atomic mass is 16.6. The van der Waals surface area contributed by atoms with Gasteiger partial charge in [0.2, 0.25) is 0 Å². The molecule has 0 saturated heterocycles. The summed E-state index contributed by atoms with van der Waals surface area (Å²) < 4.78 is 21.5. The van der Waals surface area contributed by atoms with Crippen LogP contribution in [0, 0.1) is 29.6 Å². The van der Waals surface area contributed by atoms with Crippen LogP contribution >= 0.6 is 0 Å². The van der Waals surface area contributed by atoms with Crippen molar-refractivity contribution in [2.45, 2.75) is 86.0 Å². The van der Waals surface area contributed by atoms with Crippen molar-refractivity contribution in [3.8, 4) is 11.5 Å². The zero-order valence-electron chi connectivity index (χ0n) is 28.5. The molecule has 13 heteroatoms. The number of carbonyl (C=O) groups is 4. The Bertz CT molecular complexity index is 1490. The highest BCUT2D eigenvalue weighted by Gasteiger charge is 2.49. The monoisotopic (exact) mass is 667 g/mol. The molecule has 2 aliphatic rings. The van der Waals surface area contributed by atoms with Crippen LogP contribution < -0.4 is 38.1 Å². The number of carbonyl (C=O) groups excluding carboxylic acids is 4. The summed E-state index contributed by atoms with van der Waals surface area (Å²) in [5.41, 5.74) is 29.9. The number of nitrogens with two attached hydrogens (primary N) is 5. The molecule has 13 nitrogen and oxygen atoms in total. The molecule has 10 N–H and O–H groups in total. The molecule has 2 saturated carbocycles. The number of rotatable bonds is 14. The molecule has 2 aromatic carbocycles. The average Bonchev–Trinajstić information content (AvgIpc) is 3.87. The molecule has 4 unspecified atom stereocenters. The second kappa shape index (κ2) is 14.2. The minimum atomic E-state index is -1.59. The summed E-state index contributed by atoms with van der Waals surface area (Å²) in [5, 5.41) is 0. The number of hydrogen-bond donors (Lipinski definition) is 5. The van der Waals surface area contributed by atoms with E-state index in [1.165, 1.54) is 12.1 Å². The van der Waals surface area contributed by atoms with Gasteiger partial charge in [-0.1, -0.05) is 40.5 Å². The number of ether oxygens (including phenoxy) is 4. The highest BCUT2D eigenvalue weighted by molar-refractivity contribution is 6.31. The molecule has 2 fully saturated rings. The molecule has 4 rings (SSSR count). The molecule has 0 bridgehead atoms. The highest BCUT2D eigenvalue weighted by Crippen LogP contribution is 2.58. The van der Waals surface area contributed by atoms with Gasteiger partial charge in [-0.15, -0.1) is 0 Å². The first-order chi connectivity index (χ1) is 22.6. The maximum Gasteiger partial charge on any atom is 0.423 e. The molecule has 0 heterocycles. The van der Waals surface area contributed by atoms with E-state index < -0.39 is 40.9 Å². The van der Waals surface area contributed by atoms with Crippen LogP contribution in [-0.2, 0) is 19.1 Å². The normalized spacial score (nSPS) is 22.4. The molecular formula is C35H49N5O8. The number of anilines is 5. The van der Waals surface area contributed by atoms with Gasteiger partial charge in [-0.3, -0.25) is 0 Å². The second-order valence-corrected chi connectivity index (χ2v) is 13.8. The Labute approximate surface area is 281 Å². The third-order valence-electron chi connectivity index (χ3n) is 10.0. The molecule has 0 aliphatic heterocycles. The molecule has 2 aromatic rings. The van der Waals surface area contributed by atoms with E-state index in [1.54, 1.807) is 6.92 Å². The van der Waals surface area contributed by atoms with Crippen molar-refractivity contribution in [2.75, 3.05) is 41.9 Å². The fourth-order valence-corrected chi connectivity index (χ4v) is 6.85. The van der Waals surface area contributed by atoms with E-state index in [2.05, 4.69) is 27.7 Å². The lowest BCUT2D eigenvalue weighted by Crippen LogP contribution is -2.28. The van der Waals surface area contributed by atoms with Gasteiger partial charge in [-0.2, -0.15) is 0 Å². The van der Waals surface area contributed by atoms with Gasteiger partial charge >= 0.3 is 23.9 Å². The quantitative estimate of drug-likeness (QED) is 0.0758. The first kappa shape index (κ1) is 36.2. The van der Waals surface area contributed by atoms with Crippen LogP contribution in [-0.4, -0.2) is 37.1 Å². The SMILES string of the molecule is CCCC1(C)CC1CCOC(=O)c1c(N)c(C)cc(N)c1OC(=O)C(=O)Oc1c(N)cc(N)c(N)c1C(=O)OCCC1CC1(C)CCC. The standard InChI is InChI=1S/C35H49N5O8/c1-6-10-34(4)16-19(34)8-12-45-30(41)24-26(39)18(3)14-22(37)28(24)47-32(43)33(44)48-29-23(38)15-21(36)27(40)25(29)31(42)46-13-9-20-17-35(20,5)11-7-2/h14-15,19-20H,6-13,16-17,36-40H2,1-5H3. The van der Waals surface area contributed by atoms with Crippen LogP contribution in [0.15, 0.2) is 12.1 Å². The van der Waals surface area contributed by atoms with Crippen LogP contribution in [0.5, 0.6) is 11.5 Å². The fraction of sp³-hybridized carbons (Fsp3) is 0.543. The van der Waals surface area contributed by atoms with E-state index in [4.69, 9.17) is 47.6 Å². The molecule has 2 aliphatic carbocycles. The van der Waals surface area contributed by atoms with Crippen LogP contribution in [0.3, 0.4) is 0 Å². The Kier molecular flexibility index (Phi) is 10.7. The summed E-state index contributed by atoms with van der Waals surface area (Å²) in [5.74, 6) is -5.09. The summed E-state index contributed by atoms with van der Waals surface area (Å²) in [4.78, 5) is 52.4. The Balaban J connectivity index is 1.46. The Morgan fingerprint density at radius 1 is 0.688 bits per heavy atom. The third kappa shape index (κ3) is 7.71. The predicted molar refractivity (Wildman–Crippen MR) is 183 cm³/mol. The zero-order valence-corrected chi connectivity index (χ0v) is 28.5. The Morgan fingerprint density at radius 2 is 1.10 bits per heavy atom. The zero-order chi connectivity index (χ0) is 35.6. The van der Waals surface area contributed by atoms with Gasteiger partial charge in [-0.05, 0) is 85.8 Å². The number of nitrogen functional groups attached to an aromatic ring is 5. The summed E-state index contributed by atoms with van der Waals surface area (Å²) in [7, 11) is 0. The lowest BCUT2D eigenvalue weighted by molar-refractivity contribution is -0.156. The van der Waals surface area contributed by atoms with Crippen molar-refractivity contribution < 1.29 is 38.1 Å². The van der Waals surface area contributed by atoms with Crippen molar-refractivity contribution in [1.29, 1.82) is 0 Å². The van der Waals surface area contributed by atoms with Gasteiger partial charge in [0.05, 0.1) is 41.7 Å². The van der Waals surface area contributed by atoms with Crippen LogP contribution in [0.25, 0.3) is 0 Å². The van der Waals surface area contributed by atoms with E-state index in [-0.39, 0.29) is 58.0 Å². The Hall–Kier alpha value is -4.68. The van der Waals surface area contributed by atoms with Crippen molar-refractivity contribution in [3.05, 3.63) is 28.8 Å². The van der Waals surface area contributed by atoms with E-state index in [1.807, 2.05) is 0 Å². The molecule has 262 valence electrons. The van der Waals surface area contributed by atoms with E-state index >= 15 is 0 Å². The summed E-state index contributed by atoms with van der Waals surface area (Å²) in [6.07, 6.45) is 7.75. The van der Waals surface area contributed by atoms with Gasteiger partial charge < -0.3 is 47.6 Å². The minimum absolute atomic E-state index is 0.0330. The number of aryl methyl sites for hydroxylation is 1. The molecule has 0 aromatic heterocycles. The first-order valence-corrected chi connectivity index (χ1v) is 16.5. The summed E-state index contributed by atoms with van der Waals surface area (Å²) in [6.45, 7) is 10.5. The second-order valence-electron chi connectivity index (χ2n) is 13.8. The smallest absolute Gasteiger partial charge is 0.423 e. The van der Waals surface area contributed by atoms with Crippen molar-refractivity contribution in [2.24, 2.45) is 22.7 Å². The lowest BCUT2D eigenvalue weighted by Gasteiger charge is -2.17. The number of esters is 4. The van der Waals surface area contributed by atoms with Gasteiger partial charge in [0.15, 0.2) is 11.5 Å². The molecule has 48 heavy (non-hydrogen) atoms. The molecule has 0 spiro atoms. The van der Waals surface area contributed by atoms with Crippen LogP contribution in [0.4, 0.5) is 28.4 Å². The lowest BCUT2D eigenvalue weighted by atomic mass is 9.99. The maximum absolute atomic E-state index is 13.2. The van der Waals surface area contributed by atoms with Crippen LogP contribution in [0.2, 0.25) is 0 Å². The van der Waals surface area contributed by atoms with Crippen LogP contribution in [0.1, 0.15) is 105 Å². The van der Waals surface area contributed by atoms with Crippen molar-refractivity contribution >= 4 is 52.3 Å². The summed E-state index contributed by atoms with van der Waals surface area (Å²) in [6, 6.07) is 2.57. The molecule has 4 atom stereocenters. The number of hydrogen-bond acceptors (Lipinski definition) is 13. The predicted octanol–water partition coefficient (Wildman–Crippen LogP) is 5.16. The van der Waals surface area contributed by atoms with Crippen molar-refractivity contribution in [1.82, 2.24) is 0 Å². The molecule has 0 radical (unpaired) electrons. The van der Waals surface area contributed by atoms with Gasteiger partial charge in [-0.25, -0.2) is 19.2 Å². The van der Waals surface area contributed by atoms with E-state index in [0.29, 0.717) is 30.2 Å². The fourth-order valence-electron chi connectivity index (χ4n) is 6.85. The van der Waals surface area contributed by atoms with E-state index in [9.17, 15) is 19.2 Å². The number of benzene rings is 2. The Morgan fingerprint density at radius 3 is 1.54 bits per heavy atom. The molecular weight excluding hydrogens is 618 g/mol. The molecule has 0 amide bonds. The van der Waals surface area contributed by atoms with Gasteiger partial charge in [0, 0.05) is 0 Å². The third-order valence-corrected chi connectivity index (χ3v) is 10.0. The maximum atomic E-state index is 13.2. The topological polar surface area (TPSA) is 235 Å². The van der Waals surface area contributed by atoms with Gasteiger partial charge in [0.1, 0.15) is 11.1 Å². The van der Waals surface area contributed by atoms with Gasteiger partial charge in [0.25, 0.3) is 0 Å². The first-order valence-electron chi connectivity index (χ1n) is 16.5. The minimum Gasteiger partial charge on any atom is -0.462 e.